The SMILES string of the molecule is CCS(=O)(=O)N(CC(=O)N(Cc1ccc(Cl)cc1Cl)[C@H](Cc1ccccc1)C(=O)NC(C)C)c1ccc2c(c1)OCCO2. The maximum atomic E-state index is 14.3. The van der Waals surface area contributed by atoms with E-state index in [9.17, 15) is 18.0 Å². The molecule has 3 aromatic rings. The molecule has 4 rings (SSSR count). The number of hydrogen-bond acceptors (Lipinski definition) is 6. The van der Waals surface area contributed by atoms with E-state index in [2.05, 4.69) is 5.32 Å². The highest BCUT2D eigenvalue weighted by Gasteiger charge is 2.34. The van der Waals surface area contributed by atoms with Crippen LogP contribution in [0.1, 0.15) is 31.9 Å². The summed E-state index contributed by atoms with van der Waals surface area (Å²) in [6.07, 6.45) is 0.195. The number of hydrogen-bond donors (Lipinski definition) is 1. The van der Waals surface area contributed by atoms with Gasteiger partial charge in [0, 0.05) is 35.1 Å². The lowest BCUT2D eigenvalue weighted by molar-refractivity contribution is -0.140. The first kappa shape index (κ1) is 32.4. The Bertz CT molecular complexity index is 1550. The number of fused-ring (bicyclic) bond motifs is 1. The quantitative estimate of drug-likeness (QED) is 0.294. The number of carbonyl (C=O) groups is 2. The lowest BCUT2D eigenvalue weighted by atomic mass is 10.0. The second-order valence-electron chi connectivity index (χ2n) is 10.4. The zero-order valence-corrected chi connectivity index (χ0v) is 26.6. The smallest absolute Gasteiger partial charge is 0.244 e. The standard InChI is InChI=1S/C31H35Cl2N3O6S/c1-4-43(39,40)36(25-12-13-28-29(18-25)42-15-14-41-28)20-30(37)35(19-23-10-11-24(32)17-26(23)33)27(31(38)34-21(2)3)16-22-8-6-5-7-9-22/h5-13,17-18,21,27H,4,14-16,19-20H2,1-3H3,(H,34,38)/t27-/m1/s1. The van der Waals surface area contributed by atoms with Gasteiger partial charge in [-0.05, 0) is 56.2 Å². The van der Waals surface area contributed by atoms with E-state index in [4.69, 9.17) is 32.7 Å². The Kier molecular flexibility index (Phi) is 10.8. The summed E-state index contributed by atoms with van der Waals surface area (Å²) in [6, 6.07) is 17.8. The molecule has 0 bridgehead atoms. The summed E-state index contributed by atoms with van der Waals surface area (Å²) in [5, 5.41) is 3.66. The molecule has 0 saturated carbocycles. The highest BCUT2D eigenvalue weighted by Crippen LogP contribution is 2.35. The van der Waals surface area contributed by atoms with Gasteiger partial charge in [0.25, 0.3) is 0 Å². The van der Waals surface area contributed by atoms with Crippen molar-refractivity contribution in [1.29, 1.82) is 0 Å². The summed E-state index contributed by atoms with van der Waals surface area (Å²) < 4.78 is 39.1. The van der Waals surface area contributed by atoms with Crippen LogP contribution in [0, 0.1) is 0 Å². The molecular weight excluding hydrogens is 613 g/mol. The normalized spacial score (nSPS) is 13.3. The highest BCUT2D eigenvalue weighted by atomic mass is 35.5. The summed E-state index contributed by atoms with van der Waals surface area (Å²) in [5.41, 5.74) is 1.63. The fraction of sp³-hybridized carbons (Fsp3) is 0.355. The Hall–Kier alpha value is -3.47. The van der Waals surface area contributed by atoms with Crippen molar-refractivity contribution in [3.8, 4) is 11.5 Å². The van der Waals surface area contributed by atoms with E-state index in [1.165, 1.54) is 11.8 Å². The Morgan fingerprint density at radius 1 is 0.953 bits per heavy atom. The van der Waals surface area contributed by atoms with Crippen LogP contribution in [-0.2, 0) is 32.6 Å². The number of carbonyl (C=O) groups excluding carboxylic acids is 2. The number of halogens is 2. The molecule has 12 heteroatoms. The van der Waals surface area contributed by atoms with Crippen molar-refractivity contribution >= 4 is 50.7 Å². The summed E-state index contributed by atoms with van der Waals surface area (Å²) in [5.74, 6) is -0.337. The van der Waals surface area contributed by atoms with E-state index in [1.807, 2.05) is 44.2 Å². The van der Waals surface area contributed by atoms with Gasteiger partial charge in [-0.15, -0.1) is 0 Å². The molecule has 230 valence electrons. The Morgan fingerprint density at radius 3 is 2.30 bits per heavy atom. The van der Waals surface area contributed by atoms with Gasteiger partial charge in [0.1, 0.15) is 25.8 Å². The minimum Gasteiger partial charge on any atom is -0.486 e. The molecule has 0 fully saturated rings. The van der Waals surface area contributed by atoms with Crippen LogP contribution < -0.4 is 19.1 Å². The van der Waals surface area contributed by atoms with Crippen LogP contribution in [0.15, 0.2) is 66.7 Å². The number of nitrogens with one attached hydrogen (secondary N) is 1. The molecule has 1 heterocycles. The molecule has 1 N–H and O–H groups in total. The first-order valence-electron chi connectivity index (χ1n) is 14.0. The number of amides is 2. The number of anilines is 1. The first-order chi connectivity index (χ1) is 20.5. The lowest BCUT2D eigenvalue weighted by Gasteiger charge is -2.34. The van der Waals surface area contributed by atoms with Crippen molar-refractivity contribution in [2.45, 2.75) is 45.8 Å². The van der Waals surface area contributed by atoms with Gasteiger partial charge in [0.2, 0.25) is 21.8 Å². The van der Waals surface area contributed by atoms with E-state index in [0.717, 1.165) is 9.87 Å². The van der Waals surface area contributed by atoms with Gasteiger partial charge in [0.05, 0.1) is 11.4 Å². The largest absolute Gasteiger partial charge is 0.486 e. The van der Waals surface area contributed by atoms with Crippen molar-refractivity contribution in [2.24, 2.45) is 0 Å². The van der Waals surface area contributed by atoms with Gasteiger partial charge in [0.15, 0.2) is 11.5 Å². The Balaban J connectivity index is 1.77. The van der Waals surface area contributed by atoms with Gasteiger partial charge < -0.3 is 19.7 Å². The number of benzene rings is 3. The molecule has 9 nitrogen and oxygen atoms in total. The minimum atomic E-state index is -3.93. The Morgan fingerprint density at radius 2 is 1.65 bits per heavy atom. The average Bonchev–Trinajstić information content (AvgIpc) is 2.98. The number of sulfonamides is 1. The second-order valence-corrected chi connectivity index (χ2v) is 13.4. The van der Waals surface area contributed by atoms with Crippen molar-refractivity contribution in [3.63, 3.8) is 0 Å². The van der Waals surface area contributed by atoms with Crippen molar-refractivity contribution in [1.82, 2.24) is 10.2 Å². The van der Waals surface area contributed by atoms with Crippen LogP contribution in [0.25, 0.3) is 0 Å². The van der Waals surface area contributed by atoms with E-state index in [-0.39, 0.29) is 36.4 Å². The second kappa shape index (κ2) is 14.3. The van der Waals surface area contributed by atoms with Crippen molar-refractivity contribution < 1.29 is 27.5 Å². The van der Waals surface area contributed by atoms with Crippen LogP contribution in [0.2, 0.25) is 10.0 Å². The van der Waals surface area contributed by atoms with Gasteiger partial charge in [-0.2, -0.15) is 0 Å². The molecule has 43 heavy (non-hydrogen) atoms. The van der Waals surface area contributed by atoms with E-state index >= 15 is 0 Å². The van der Waals surface area contributed by atoms with Crippen LogP contribution >= 0.6 is 23.2 Å². The molecule has 0 aromatic heterocycles. The summed E-state index contributed by atoms with van der Waals surface area (Å²) >= 11 is 12.6. The zero-order valence-electron chi connectivity index (χ0n) is 24.3. The molecule has 0 radical (unpaired) electrons. The van der Waals surface area contributed by atoms with Crippen LogP contribution in [0.4, 0.5) is 5.69 Å². The highest BCUT2D eigenvalue weighted by molar-refractivity contribution is 7.92. The molecule has 2 amide bonds. The van der Waals surface area contributed by atoms with Crippen molar-refractivity contribution in [3.05, 3.63) is 87.9 Å². The van der Waals surface area contributed by atoms with Gasteiger partial charge in [-0.25, -0.2) is 8.42 Å². The molecular formula is C31H35Cl2N3O6S. The van der Waals surface area contributed by atoms with E-state index in [1.54, 1.807) is 36.4 Å². The number of rotatable bonds is 12. The topological polar surface area (TPSA) is 105 Å². The number of ether oxygens (including phenoxy) is 2. The maximum Gasteiger partial charge on any atom is 0.244 e. The van der Waals surface area contributed by atoms with Gasteiger partial charge in [-0.3, -0.25) is 13.9 Å². The molecule has 1 aliphatic rings. The minimum absolute atomic E-state index is 0.0565. The monoisotopic (exact) mass is 647 g/mol. The fourth-order valence-electron chi connectivity index (χ4n) is 4.68. The average molecular weight is 649 g/mol. The summed E-state index contributed by atoms with van der Waals surface area (Å²) in [4.78, 5) is 29.4. The molecule has 0 aliphatic carbocycles. The zero-order chi connectivity index (χ0) is 31.1. The first-order valence-corrected chi connectivity index (χ1v) is 16.3. The third kappa shape index (κ3) is 8.34. The predicted molar refractivity (Wildman–Crippen MR) is 168 cm³/mol. The molecule has 0 spiro atoms. The summed E-state index contributed by atoms with van der Waals surface area (Å²) in [7, 11) is -3.93. The third-order valence-corrected chi connectivity index (χ3v) is 9.18. The predicted octanol–water partition coefficient (Wildman–Crippen LogP) is 5.09. The fourth-order valence-corrected chi connectivity index (χ4v) is 6.20. The van der Waals surface area contributed by atoms with Gasteiger partial charge in [-0.1, -0.05) is 59.6 Å². The molecule has 0 saturated heterocycles. The molecule has 0 unspecified atom stereocenters. The van der Waals surface area contributed by atoms with Gasteiger partial charge >= 0.3 is 0 Å². The van der Waals surface area contributed by atoms with Crippen LogP contribution in [0.5, 0.6) is 11.5 Å². The third-order valence-electron chi connectivity index (χ3n) is 6.85. The Labute approximate surface area is 262 Å². The van der Waals surface area contributed by atoms with Crippen LogP contribution in [0.3, 0.4) is 0 Å². The van der Waals surface area contributed by atoms with E-state index < -0.39 is 28.5 Å². The maximum absolute atomic E-state index is 14.3. The van der Waals surface area contributed by atoms with E-state index in [0.29, 0.717) is 40.3 Å². The molecule has 1 aliphatic heterocycles. The lowest BCUT2D eigenvalue weighted by Crippen LogP contribution is -2.54. The molecule has 1 atom stereocenters. The van der Waals surface area contributed by atoms with Crippen LogP contribution in [-0.4, -0.2) is 62.7 Å². The number of nitrogens with zero attached hydrogens (tertiary/aromatic N) is 2. The van der Waals surface area contributed by atoms with Crippen molar-refractivity contribution in [2.75, 3.05) is 29.8 Å². The summed E-state index contributed by atoms with van der Waals surface area (Å²) in [6.45, 7) is 5.25. The molecule has 3 aromatic carbocycles.